The van der Waals surface area contributed by atoms with Gasteiger partial charge in [0.05, 0.1) is 11.2 Å². The molecule has 0 unspecified atom stereocenters. The number of nitrogens with zero attached hydrogens (tertiary/aromatic N) is 5. The lowest BCUT2D eigenvalue weighted by atomic mass is 10.4. The second kappa shape index (κ2) is 4.97. The number of pyridine rings is 1. The van der Waals surface area contributed by atoms with E-state index in [4.69, 9.17) is 11.6 Å². The van der Waals surface area contributed by atoms with Crippen molar-refractivity contribution in [2.24, 2.45) is 0 Å². The van der Waals surface area contributed by atoms with Crippen molar-refractivity contribution in [2.75, 3.05) is 24.3 Å². The fourth-order valence-corrected chi connectivity index (χ4v) is 1.88. The third-order valence-electron chi connectivity index (χ3n) is 2.79. The van der Waals surface area contributed by atoms with Crippen LogP contribution in [0.25, 0.3) is 5.65 Å². The number of fused-ring (bicyclic) bond motifs is 1. The van der Waals surface area contributed by atoms with E-state index in [1.165, 1.54) is 0 Å². The topological polar surface area (TPSA) is 58.4 Å². The van der Waals surface area contributed by atoms with Crippen molar-refractivity contribution in [1.82, 2.24) is 19.6 Å². The number of nitrogens with one attached hydrogen (secondary N) is 1. The molecule has 3 aromatic heterocycles. The van der Waals surface area contributed by atoms with Crippen LogP contribution in [-0.2, 0) is 0 Å². The van der Waals surface area contributed by atoms with Crippen LogP contribution in [0, 0.1) is 0 Å². The van der Waals surface area contributed by atoms with Gasteiger partial charge in [0.15, 0.2) is 11.5 Å². The fourth-order valence-electron chi connectivity index (χ4n) is 1.77. The van der Waals surface area contributed by atoms with Gasteiger partial charge in [0.1, 0.15) is 11.6 Å². The van der Waals surface area contributed by atoms with Crippen LogP contribution >= 0.6 is 11.6 Å². The molecule has 0 saturated carbocycles. The first kappa shape index (κ1) is 12.7. The summed E-state index contributed by atoms with van der Waals surface area (Å²) in [6.45, 7) is 0. The van der Waals surface area contributed by atoms with Gasteiger partial charge >= 0.3 is 0 Å². The van der Waals surface area contributed by atoms with Crippen molar-refractivity contribution in [2.45, 2.75) is 0 Å². The first-order valence-corrected chi connectivity index (χ1v) is 6.42. The fraction of sp³-hybridized carbons (Fsp3) is 0.154. The summed E-state index contributed by atoms with van der Waals surface area (Å²) in [6.07, 6.45) is 3.31. The number of halogens is 1. The van der Waals surface area contributed by atoms with E-state index in [2.05, 4.69) is 20.4 Å². The van der Waals surface area contributed by atoms with Gasteiger partial charge in [-0.1, -0.05) is 11.6 Å². The second-order valence-corrected chi connectivity index (χ2v) is 4.92. The molecular weight excluding hydrogens is 276 g/mol. The van der Waals surface area contributed by atoms with Crippen LogP contribution in [0.2, 0.25) is 5.02 Å². The minimum Gasteiger partial charge on any atom is -0.361 e. The van der Waals surface area contributed by atoms with Gasteiger partial charge in [-0.2, -0.15) is 4.52 Å². The highest BCUT2D eigenvalue weighted by molar-refractivity contribution is 6.30. The molecule has 0 bridgehead atoms. The summed E-state index contributed by atoms with van der Waals surface area (Å²) in [5, 5.41) is 8.28. The molecule has 7 heteroatoms. The molecule has 20 heavy (non-hydrogen) atoms. The SMILES string of the molecule is CN(C)c1ccc2ncc(Nc3ccc(Cl)cn3)n2n1. The maximum Gasteiger partial charge on any atom is 0.156 e. The monoisotopic (exact) mass is 288 g/mol. The average molecular weight is 289 g/mol. The van der Waals surface area contributed by atoms with E-state index in [0.29, 0.717) is 10.8 Å². The molecule has 0 aliphatic rings. The number of imidazole rings is 1. The minimum absolute atomic E-state index is 0.599. The lowest BCUT2D eigenvalue weighted by Gasteiger charge is -2.11. The second-order valence-electron chi connectivity index (χ2n) is 4.49. The zero-order chi connectivity index (χ0) is 14.1. The molecule has 0 saturated heterocycles. The van der Waals surface area contributed by atoms with Crippen LogP contribution in [0.3, 0.4) is 0 Å². The lowest BCUT2D eigenvalue weighted by molar-refractivity contribution is 0.906. The molecule has 0 fully saturated rings. The number of hydrogen-bond acceptors (Lipinski definition) is 5. The summed E-state index contributed by atoms with van der Waals surface area (Å²) in [6, 6.07) is 7.42. The predicted octanol–water partition coefficient (Wildman–Crippen LogP) is 2.59. The Hall–Kier alpha value is -2.34. The largest absolute Gasteiger partial charge is 0.361 e. The zero-order valence-electron chi connectivity index (χ0n) is 11.1. The van der Waals surface area contributed by atoms with Crippen molar-refractivity contribution in [1.29, 1.82) is 0 Å². The molecule has 0 aliphatic carbocycles. The maximum absolute atomic E-state index is 5.82. The predicted molar refractivity (Wildman–Crippen MR) is 79.8 cm³/mol. The molecule has 0 atom stereocenters. The highest BCUT2D eigenvalue weighted by Crippen LogP contribution is 2.18. The molecule has 6 nitrogen and oxygen atoms in total. The molecular formula is C13H13ClN6. The molecule has 0 aromatic carbocycles. The van der Waals surface area contributed by atoms with Crippen LogP contribution in [0.1, 0.15) is 0 Å². The van der Waals surface area contributed by atoms with Crippen LogP contribution in [0.4, 0.5) is 17.5 Å². The van der Waals surface area contributed by atoms with Crippen molar-refractivity contribution < 1.29 is 0 Å². The first-order chi connectivity index (χ1) is 9.63. The highest BCUT2D eigenvalue weighted by Gasteiger charge is 2.07. The Morgan fingerprint density at radius 1 is 1.10 bits per heavy atom. The Morgan fingerprint density at radius 3 is 2.65 bits per heavy atom. The summed E-state index contributed by atoms with van der Waals surface area (Å²) < 4.78 is 1.74. The summed E-state index contributed by atoms with van der Waals surface area (Å²) in [4.78, 5) is 10.4. The van der Waals surface area contributed by atoms with Gasteiger partial charge in [-0.25, -0.2) is 9.97 Å². The van der Waals surface area contributed by atoms with Crippen molar-refractivity contribution in [3.05, 3.63) is 41.7 Å². The molecule has 102 valence electrons. The van der Waals surface area contributed by atoms with Crippen molar-refractivity contribution >= 4 is 34.7 Å². The minimum atomic E-state index is 0.599. The van der Waals surface area contributed by atoms with Gasteiger partial charge in [0.2, 0.25) is 0 Å². The van der Waals surface area contributed by atoms with Gasteiger partial charge in [-0.3, -0.25) is 0 Å². The van der Waals surface area contributed by atoms with E-state index < -0.39 is 0 Å². The Morgan fingerprint density at radius 2 is 1.95 bits per heavy atom. The van der Waals surface area contributed by atoms with Gasteiger partial charge in [-0.05, 0) is 24.3 Å². The Kier molecular flexibility index (Phi) is 3.15. The summed E-state index contributed by atoms with van der Waals surface area (Å²) in [7, 11) is 3.89. The number of rotatable bonds is 3. The summed E-state index contributed by atoms with van der Waals surface area (Å²) in [5.41, 5.74) is 0.770. The molecule has 0 amide bonds. The van der Waals surface area contributed by atoms with Gasteiger partial charge in [-0.15, -0.1) is 5.10 Å². The molecule has 0 spiro atoms. The van der Waals surface area contributed by atoms with Crippen molar-refractivity contribution in [3.8, 4) is 0 Å². The third-order valence-corrected chi connectivity index (χ3v) is 3.01. The van der Waals surface area contributed by atoms with Crippen LogP contribution in [0.5, 0.6) is 0 Å². The number of hydrogen-bond donors (Lipinski definition) is 1. The lowest BCUT2D eigenvalue weighted by Crippen LogP contribution is -2.12. The third kappa shape index (κ3) is 2.37. The number of anilines is 3. The van der Waals surface area contributed by atoms with E-state index in [0.717, 1.165) is 17.3 Å². The van der Waals surface area contributed by atoms with E-state index >= 15 is 0 Å². The summed E-state index contributed by atoms with van der Waals surface area (Å²) in [5.74, 6) is 2.29. The molecule has 3 heterocycles. The smallest absolute Gasteiger partial charge is 0.156 e. The zero-order valence-corrected chi connectivity index (χ0v) is 11.8. The van der Waals surface area contributed by atoms with E-state index in [1.807, 2.05) is 31.1 Å². The normalized spacial score (nSPS) is 10.8. The molecule has 3 rings (SSSR count). The standard InChI is InChI=1S/C13H13ClN6/c1-19(2)12-6-5-11-16-8-13(20(11)18-12)17-10-4-3-9(14)7-15-10/h3-8H,1-2H3,(H,15,17). The van der Waals surface area contributed by atoms with Gasteiger partial charge in [0.25, 0.3) is 0 Å². The van der Waals surface area contributed by atoms with Crippen LogP contribution in [0.15, 0.2) is 36.7 Å². The Bertz CT molecular complexity index is 734. The van der Waals surface area contributed by atoms with Gasteiger partial charge < -0.3 is 10.2 Å². The van der Waals surface area contributed by atoms with Crippen LogP contribution < -0.4 is 10.2 Å². The molecule has 3 aromatic rings. The first-order valence-electron chi connectivity index (χ1n) is 6.04. The maximum atomic E-state index is 5.82. The van der Waals surface area contributed by atoms with E-state index in [-0.39, 0.29) is 0 Å². The quantitative estimate of drug-likeness (QED) is 0.803. The van der Waals surface area contributed by atoms with Crippen LogP contribution in [-0.4, -0.2) is 33.7 Å². The number of aromatic nitrogens is 4. The summed E-state index contributed by atoms with van der Waals surface area (Å²) >= 11 is 5.82. The molecule has 1 N–H and O–H groups in total. The molecule has 0 aliphatic heterocycles. The average Bonchev–Trinajstić information content (AvgIpc) is 2.84. The molecule has 0 radical (unpaired) electrons. The Balaban J connectivity index is 1.98. The van der Waals surface area contributed by atoms with E-state index in [1.54, 1.807) is 29.0 Å². The Labute approximate surface area is 121 Å². The highest BCUT2D eigenvalue weighted by atomic mass is 35.5. The van der Waals surface area contributed by atoms with Crippen molar-refractivity contribution in [3.63, 3.8) is 0 Å². The van der Waals surface area contributed by atoms with E-state index in [9.17, 15) is 0 Å². The van der Waals surface area contributed by atoms with Gasteiger partial charge in [0, 0.05) is 20.3 Å².